The highest BCUT2D eigenvalue weighted by Crippen LogP contribution is 2.34. The van der Waals surface area contributed by atoms with E-state index in [1.165, 1.54) is 0 Å². The second kappa shape index (κ2) is 5.47. The van der Waals surface area contributed by atoms with Gasteiger partial charge in [0.2, 0.25) is 0 Å². The summed E-state index contributed by atoms with van der Waals surface area (Å²) in [5, 5.41) is 4.44. The van der Waals surface area contributed by atoms with E-state index in [1.807, 2.05) is 65.5 Å². The van der Waals surface area contributed by atoms with E-state index in [1.54, 1.807) is 0 Å². The van der Waals surface area contributed by atoms with E-state index < -0.39 is 0 Å². The quantitative estimate of drug-likeness (QED) is 0.728. The molecule has 0 radical (unpaired) electrons. The van der Waals surface area contributed by atoms with Crippen molar-refractivity contribution in [2.45, 2.75) is 32.7 Å². The van der Waals surface area contributed by atoms with Crippen molar-refractivity contribution < 1.29 is 4.79 Å². The number of fused-ring (bicyclic) bond motifs is 1. The van der Waals surface area contributed by atoms with Gasteiger partial charge in [0.25, 0.3) is 5.91 Å². The molecule has 0 spiro atoms. The SMILES string of the molecule is Cc1nn(C)cc1C1CCCN1C(=O)c1nc(C)n2ccccc12. The Bertz CT molecular complexity index is 923. The molecule has 6 heteroatoms. The highest BCUT2D eigenvalue weighted by atomic mass is 16.2. The van der Waals surface area contributed by atoms with Gasteiger partial charge >= 0.3 is 0 Å². The van der Waals surface area contributed by atoms with Gasteiger partial charge in [-0.15, -0.1) is 0 Å². The van der Waals surface area contributed by atoms with Crippen molar-refractivity contribution in [3.8, 4) is 0 Å². The van der Waals surface area contributed by atoms with Gasteiger partial charge in [-0.25, -0.2) is 4.98 Å². The van der Waals surface area contributed by atoms with E-state index >= 15 is 0 Å². The minimum Gasteiger partial charge on any atom is -0.330 e. The molecule has 6 nitrogen and oxygen atoms in total. The number of nitrogens with zero attached hydrogens (tertiary/aromatic N) is 5. The molecule has 1 fully saturated rings. The van der Waals surface area contributed by atoms with E-state index in [4.69, 9.17) is 0 Å². The number of carbonyl (C=O) groups is 1. The second-order valence-electron chi connectivity index (χ2n) is 6.46. The Morgan fingerprint density at radius 2 is 2.12 bits per heavy atom. The van der Waals surface area contributed by atoms with Crippen LogP contribution in [0.1, 0.15) is 46.5 Å². The third-order valence-corrected chi connectivity index (χ3v) is 4.85. The standard InChI is InChI=1S/C18H21N5O/c1-12-14(11-21(3)20-12)15-8-6-10-23(15)18(24)17-16-7-4-5-9-22(16)13(2)19-17/h4-5,7,9,11,15H,6,8,10H2,1-3H3. The Kier molecular flexibility index (Phi) is 3.40. The summed E-state index contributed by atoms with van der Waals surface area (Å²) in [5.74, 6) is 0.847. The lowest BCUT2D eigenvalue weighted by atomic mass is 10.1. The van der Waals surface area contributed by atoms with Crippen molar-refractivity contribution in [3.05, 3.63) is 53.4 Å². The number of aryl methyl sites for hydroxylation is 3. The fourth-order valence-electron chi connectivity index (χ4n) is 3.76. The zero-order valence-electron chi connectivity index (χ0n) is 14.2. The molecule has 0 saturated carbocycles. The van der Waals surface area contributed by atoms with E-state index in [-0.39, 0.29) is 11.9 Å². The van der Waals surface area contributed by atoms with Crippen LogP contribution in [-0.2, 0) is 7.05 Å². The Hall–Kier alpha value is -2.63. The van der Waals surface area contributed by atoms with Crippen molar-refractivity contribution >= 4 is 11.4 Å². The number of likely N-dealkylation sites (tertiary alicyclic amines) is 1. The first-order valence-electron chi connectivity index (χ1n) is 8.31. The van der Waals surface area contributed by atoms with Gasteiger partial charge in [-0.3, -0.25) is 9.48 Å². The van der Waals surface area contributed by atoms with Crippen LogP contribution in [0.4, 0.5) is 0 Å². The normalized spacial score (nSPS) is 17.8. The fraction of sp³-hybridized carbons (Fsp3) is 0.389. The Balaban J connectivity index is 1.74. The molecule has 0 aromatic carbocycles. The summed E-state index contributed by atoms with van der Waals surface area (Å²) in [4.78, 5) is 19.7. The molecule has 3 aromatic heterocycles. The molecule has 4 heterocycles. The topological polar surface area (TPSA) is 55.4 Å². The number of hydrogen-bond acceptors (Lipinski definition) is 3. The molecule has 1 amide bonds. The monoisotopic (exact) mass is 323 g/mol. The molecule has 3 aromatic rings. The van der Waals surface area contributed by atoms with Crippen LogP contribution in [-0.4, -0.2) is 36.5 Å². The molecule has 1 atom stereocenters. The average Bonchev–Trinajstić information content (AvgIpc) is 3.25. The smallest absolute Gasteiger partial charge is 0.275 e. The highest BCUT2D eigenvalue weighted by molar-refractivity contribution is 5.99. The number of amides is 1. The van der Waals surface area contributed by atoms with Gasteiger partial charge in [0.05, 0.1) is 17.3 Å². The molecule has 124 valence electrons. The molecule has 0 bridgehead atoms. The third-order valence-electron chi connectivity index (χ3n) is 4.85. The maximum Gasteiger partial charge on any atom is 0.275 e. The van der Waals surface area contributed by atoms with Crippen LogP contribution >= 0.6 is 0 Å². The number of hydrogen-bond donors (Lipinski definition) is 0. The van der Waals surface area contributed by atoms with Crippen LogP contribution in [0.25, 0.3) is 5.52 Å². The molecule has 0 N–H and O–H groups in total. The summed E-state index contributed by atoms with van der Waals surface area (Å²) in [6.07, 6.45) is 5.96. The van der Waals surface area contributed by atoms with Crippen LogP contribution in [0, 0.1) is 13.8 Å². The maximum absolute atomic E-state index is 13.2. The van der Waals surface area contributed by atoms with Crippen molar-refractivity contribution in [1.29, 1.82) is 0 Å². The summed E-state index contributed by atoms with van der Waals surface area (Å²) >= 11 is 0. The molecule has 4 rings (SSSR count). The Morgan fingerprint density at radius 1 is 1.29 bits per heavy atom. The predicted molar refractivity (Wildman–Crippen MR) is 90.9 cm³/mol. The summed E-state index contributed by atoms with van der Waals surface area (Å²) in [5.41, 5.74) is 3.55. The van der Waals surface area contributed by atoms with E-state index in [9.17, 15) is 4.79 Å². The summed E-state index contributed by atoms with van der Waals surface area (Å²) in [6.45, 7) is 4.70. The Labute approximate surface area is 140 Å². The summed E-state index contributed by atoms with van der Waals surface area (Å²) < 4.78 is 3.79. The van der Waals surface area contributed by atoms with Crippen LogP contribution < -0.4 is 0 Å². The first-order chi connectivity index (χ1) is 11.6. The van der Waals surface area contributed by atoms with Gasteiger partial charge in [0, 0.05) is 31.5 Å². The van der Waals surface area contributed by atoms with Crippen LogP contribution in [0.3, 0.4) is 0 Å². The number of carbonyl (C=O) groups excluding carboxylic acids is 1. The molecular weight excluding hydrogens is 302 g/mol. The first-order valence-corrected chi connectivity index (χ1v) is 8.31. The molecule has 1 unspecified atom stereocenters. The minimum absolute atomic E-state index is 0.0116. The summed E-state index contributed by atoms with van der Waals surface area (Å²) in [6, 6.07) is 5.94. The number of imidazole rings is 1. The largest absolute Gasteiger partial charge is 0.330 e. The number of pyridine rings is 1. The zero-order chi connectivity index (χ0) is 16.8. The zero-order valence-corrected chi connectivity index (χ0v) is 14.2. The van der Waals surface area contributed by atoms with E-state index in [2.05, 4.69) is 10.1 Å². The van der Waals surface area contributed by atoms with E-state index in [0.29, 0.717) is 5.69 Å². The highest BCUT2D eigenvalue weighted by Gasteiger charge is 2.34. The molecule has 24 heavy (non-hydrogen) atoms. The minimum atomic E-state index is 0.0116. The average molecular weight is 323 g/mol. The lowest BCUT2D eigenvalue weighted by molar-refractivity contribution is 0.0732. The molecule has 0 aliphatic carbocycles. The van der Waals surface area contributed by atoms with Crippen molar-refractivity contribution in [1.82, 2.24) is 24.1 Å². The van der Waals surface area contributed by atoms with Crippen molar-refractivity contribution in [2.24, 2.45) is 7.05 Å². The maximum atomic E-state index is 13.2. The van der Waals surface area contributed by atoms with Gasteiger partial charge in [0.1, 0.15) is 5.82 Å². The molecule has 1 saturated heterocycles. The first kappa shape index (κ1) is 14.9. The van der Waals surface area contributed by atoms with Gasteiger partial charge in [-0.2, -0.15) is 5.10 Å². The number of rotatable bonds is 2. The van der Waals surface area contributed by atoms with Gasteiger partial charge in [-0.1, -0.05) is 6.07 Å². The van der Waals surface area contributed by atoms with Crippen molar-refractivity contribution in [3.63, 3.8) is 0 Å². The second-order valence-corrected chi connectivity index (χ2v) is 6.46. The van der Waals surface area contributed by atoms with Crippen LogP contribution in [0.15, 0.2) is 30.6 Å². The molecule has 1 aliphatic rings. The molecular formula is C18H21N5O. The van der Waals surface area contributed by atoms with Crippen LogP contribution in [0.2, 0.25) is 0 Å². The molecule has 1 aliphatic heterocycles. The van der Waals surface area contributed by atoms with Gasteiger partial charge in [0.15, 0.2) is 5.69 Å². The third kappa shape index (κ3) is 2.21. The fourth-order valence-corrected chi connectivity index (χ4v) is 3.76. The van der Waals surface area contributed by atoms with Gasteiger partial charge < -0.3 is 9.30 Å². The Morgan fingerprint density at radius 3 is 2.88 bits per heavy atom. The lowest BCUT2D eigenvalue weighted by Gasteiger charge is -2.23. The summed E-state index contributed by atoms with van der Waals surface area (Å²) in [7, 11) is 1.92. The number of aromatic nitrogens is 4. The van der Waals surface area contributed by atoms with E-state index in [0.717, 1.165) is 42.0 Å². The van der Waals surface area contributed by atoms with Crippen LogP contribution in [0.5, 0.6) is 0 Å². The van der Waals surface area contributed by atoms with Gasteiger partial charge in [-0.05, 0) is 38.8 Å². The lowest BCUT2D eigenvalue weighted by Crippen LogP contribution is -2.31. The predicted octanol–water partition coefficient (Wildman–Crippen LogP) is 2.66. The van der Waals surface area contributed by atoms with Crippen molar-refractivity contribution in [2.75, 3.05) is 6.54 Å².